The molecule has 1 atom stereocenters. The molecular formula is C21H24N2O5. The maximum Gasteiger partial charge on any atom is 0.263 e. The molecule has 2 aromatic carbocycles. The lowest BCUT2D eigenvalue weighted by molar-refractivity contribution is -0.138. The molecule has 7 heteroatoms. The molecule has 0 saturated carbocycles. The Morgan fingerprint density at radius 3 is 2.79 bits per heavy atom. The molecule has 0 aromatic heterocycles. The molecule has 0 spiro atoms. The van der Waals surface area contributed by atoms with Crippen molar-refractivity contribution in [3.05, 3.63) is 53.6 Å². The van der Waals surface area contributed by atoms with Gasteiger partial charge in [-0.25, -0.2) is 0 Å². The van der Waals surface area contributed by atoms with Crippen LogP contribution in [0.25, 0.3) is 0 Å². The van der Waals surface area contributed by atoms with Gasteiger partial charge >= 0.3 is 0 Å². The van der Waals surface area contributed by atoms with Crippen molar-refractivity contribution in [2.45, 2.75) is 26.1 Å². The van der Waals surface area contributed by atoms with E-state index in [0.717, 1.165) is 16.9 Å². The third-order valence-corrected chi connectivity index (χ3v) is 4.50. The third-order valence-electron chi connectivity index (χ3n) is 4.50. The summed E-state index contributed by atoms with van der Waals surface area (Å²) in [5.74, 6) is 1.02. The first-order valence-corrected chi connectivity index (χ1v) is 9.01. The van der Waals surface area contributed by atoms with E-state index in [1.807, 2.05) is 30.3 Å². The van der Waals surface area contributed by atoms with Gasteiger partial charge in [0.1, 0.15) is 18.1 Å². The number of benzene rings is 2. The molecule has 0 aliphatic carbocycles. The van der Waals surface area contributed by atoms with Crippen molar-refractivity contribution in [3.63, 3.8) is 0 Å². The van der Waals surface area contributed by atoms with Crippen molar-refractivity contribution in [3.8, 4) is 11.5 Å². The average Bonchev–Trinajstić information content (AvgIpc) is 2.79. The van der Waals surface area contributed by atoms with Crippen LogP contribution in [-0.2, 0) is 27.4 Å². The molecule has 2 aromatic rings. The first-order chi connectivity index (χ1) is 13.5. The number of nitrogens with one attached hydrogen (secondary N) is 1. The van der Waals surface area contributed by atoms with Gasteiger partial charge in [-0.05, 0) is 31.2 Å². The molecule has 7 nitrogen and oxygen atoms in total. The predicted octanol–water partition coefficient (Wildman–Crippen LogP) is 2.59. The highest BCUT2D eigenvalue weighted by molar-refractivity contribution is 5.92. The number of hydrogen-bond acceptors (Lipinski definition) is 5. The zero-order valence-corrected chi connectivity index (χ0v) is 16.2. The van der Waals surface area contributed by atoms with E-state index >= 15 is 0 Å². The van der Waals surface area contributed by atoms with Crippen molar-refractivity contribution in [1.82, 2.24) is 4.90 Å². The zero-order chi connectivity index (χ0) is 20.1. The largest absolute Gasteiger partial charge is 0.496 e. The lowest BCUT2D eigenvalue weighted by Crippen LogP contribution is -2.37. The van der Waals surface area contributed by atoms with Gasteiger partial charge in [0.05, 0.1) is 7.11 Å². The van der Waals surface area contributed by atoms with Crippen LogP contribution < -0.4 is 14.8 Å². The smallest absolute Gasteiger partial charge is 0.263 e. The summed E-state index contributed by atoms with van der Waals surface area (Å²) in [6, 6.07) is 13.0. The number of carbonyl (C=O) groups is 2. The number of nitrogens with zero attached hydrogens (tertiary/aromatic N) is 1. The normalized spacial score (nSPS) is 16.0. The highest BCUT2D eigenvalue weighted by Crippen LogP contribution is 2.30. The molecule has 1 unspecified atom stereocenters. The van der Waals surface area contributed by atoms with Crippen molar-refractivity contribution in [1.29, 1.82) is 0 Å². The number of fused-ring (bicyclic) bond motifs is 1. The minimum Gasteiger partial charge on any atom is -0.496 e. The summed E-state index contributed by atoms with van der Waals surface area (Å²) in [4.78, 5) is 26.4. The number of ether oxygens (including phenoxy) is 3. The van der Waals surface area contributed by atoms with Gasteiger partial charge in [-0.3, -0.25) is 9.59 Å². The molecule has 3 rings (SSSR count). The molecule has 28 heavy (non-hydrogen) atoms. The van der Waals surface area contributed by atoms with Crippen molar-refractivity contribution < 1.29 is 23.8 Å². The van der Waals surface area contributed by atoms with Gasteiger partial charge < -0.3 is 24.4 Å². The van der Waals surface area contributed by atoms with E-state index in [1.165, 1.54) is 7.11 Å². The van der Waals surface area contributed by atoms with E-state index in [2.05, 4.69) is 5.32 Å². The van der Waals surface area contributed by atoms with Gasteiger partial charge in [-0.1, -0.05) is 18.2 Å². The second-order valence-corrected chi connectivity index (χ2v) is 6.57. The molecule has 1 heterocycles. The molecule has 0 saturated heterocycles. The van der Waals surface area contributed by atoms with Crippen LogP contribution in [0.1, 0.15) is 18.1 Å². The quantitative estimate of drug-likeness (QED) is 0.828. The first kappa shape index (κ1) is 19.7. The Hall–Kier alpha value is -3.06. The summed E-state index contributed by atoms with van der Waals surface area (Å²) >= 11 is 0. The fourth-order valence-electron chi connectivity index (χ4n) is 3.18. The summed E-state index contributed by atoms with van der Waals surface area (Å²) in [5.41, 5.74) is 2.37. The number of hydrogen-bond donors (Lipinski definition) is 1. The second-order valence-electron chi connectivity index (χ2n) is 6.57. The van der Waals surface area contributed by atoms with Crippen molar-refractivity contribution in [2.24, 2.45) is 0 Å². The molecule has 148 valence electrons. The Morgan fingerprint density at radius 1 is 1.25 bits per heavy atom. The summed E-state index contributed by atoms with van der Waals surface area (Å²) in [7, 11) is 3.08. The van der Waals surface area contributed by atoms with Gasteiger partial charge in [-0.15, -0.1) is 0 Å². The van der Waals surface area contributed by atoms with E-state index in [4.69, 9.17) is 14.2 Å². The molecule has 1 aliphatic rings. The zero-order valence-electron chi connectivity index (χ0n) is 16.2. The number of amides is 2. The standard InChI is InChI=1S/C21H24N2O5/c1-14-21(25)23(11-15-6-4-5-7-18(15)27-3)12-16-10-17(8-9-19(16)28-14)22-20(24)13-26-2/h4-10,14H,11-13H2,1-3H3,(H,22,24). The molecule has 2 amide bonds. The maximum atomic E-state index is 12.8. The molecule has 0 bridgehead atoms. The first-order valence-electron chi connectivity index (χ1n) is 9.01. The van der Waals surface area contributed by atoms with Crippen LogP contribution in [0.15, 0.2) is 42.5 Å². The predicted molar refractivity (Wildman–Crippen MR) is 104 cm³/mol. The number of carbonyl (C=O) groups excluding carboxylic acids is 2. The molecule has 1 aliphatic heterocycles. The average molecular weight is 384 g/mol. The minimum atomic E-state index is -0.607. The molecule has 0 fully saturated rings. The Kier molecular flexibility index (Phi) is 6.16. The second kappa shape index (κ2) is 8.75. The Morgan fingerprint density at radius 2 is 2.04 bits per heavy atom. The highest BCUT2D eigenvalue weighted by atomic mass is 16.5. The number of rotatable bonds is 6. The van der Waals surface area contributed by atoms with E-state index in [0.29, 0.717) is 24.5 Å². The molecule has 1 N–H and O–H groups in total. The van der Waals surface area contributed by atoms with E-state index < -0.39 is 6.10 Å². The van der Waals surface area contributed by atoms with Gasteiger partial charge in [0, 0.05) is 37.0 Å². The number of para-hydroxylation sites is 1. The van der Waals surface area contributed by atoms with E-state index in [9.17, 15) is 9.59 Å². The van der Waals surface area contributed by atoms with E-state index in [-0.39, 0.29) is 18.4 Å². The fourth-order valence-corrected chi connectivity index (χ4v) is 3.18. The van der Waals surface area contributed by atoms with Crippen molar-refractivity contribution >= 4 is 17.5 Å². The molecule has 0 radical (unpaired) electrons. The summed E-state index contributed by atoms with van der Waals surface area (Å²) < 4.78 is 16.1. The minimum absolute atomic E-state index is 0.0248. The van der Waals surface area contributed by atoms with Crippen LogP contribution >= 0.6 is 0 Å². The Bertz CT molecular complexity index is 868. The van der Waals surface area contributed by atoms with Crippen LogP contribution in [0, 0.1) is 0 Å². The Balaban J connectivity index is 1.86. The lowest BCUT2D eigenvalue weighted by atomic mass is 10.1. The van der Waals surface area contributed by atoms with Crippen LogP contribution in [0.2, 0.25) is 0 Å². The van der Waals surface area contributed by atoms with Crippen LogP contribution in [0.4, 0.5) is 5.69 Å². The van der Waals surface area contributed by atoms with Gasteiger partial charge in [-0.2, -0.15) is 0 Å². The Labute approximate surface area is 164 Å². The highest BCUT2D eigenvalue weighted by Gasteiger charge is 2.28. The van der Waals surface area contributed by atoms with Gasteiger partial charge in [0.2, 0.25) is 5.91 Å². The number of methoxy groups -OCH3 is 2. The monoisotopic (exact) mass is 384 g/mol. The van der Waals surface area contributed by atoms with Gasteiger partial charge in [0.25, 0.3) is 5.91 Å². The maximum absolute atomic E-state index is 12.8. The SMILES string of the molecule is COCC(=O)Nc1ccc2c(c1)CN(Cc1ccccc1OC)C(=O)C(C)O2. The van der Waals surface area contributed by atoms with Crippen LogP contribution in [0.3, 0.4) is 0 Å². The fraction of sp³-hybridized carbons (Fsp3) is 0.333. The number of anilines is 1. The molecular weight excluding hydrogens is 360 g/mol. The topological polar surface area (TPSA) is 77.1 Å². The van der Waals surface area contributed by atoms with Crippen molar-refractivity contribution in [2.75, 3.05) is 26.1 Å². The summed E-state index contributed by atoms with van der Waals surface area (Å²) in [6.07, 6.45) is -0.607. The van der Waals surface area contributed by atoms with Crippen LogP contribution in [-0.4, -0.2) is 43.6 Å². The third kappa shape index (κ3) is 4.43. The van der Waals surface area contributed by atoms with Crippen LogP contribution in [0.5, 0.6) is 11.5 Å². The lowest BCUT2D eigenvalue weighted by Gasteiger charge is -2.23. The summed E-state index contributed by atoms with van der Waals surface area (Å²) in [5, 5.41) is 2.78. The van der Waals surface area contributed by atoms with E-state index in [1.54, 1.807) is 31.1 Å². The summed E-state index contributed by atoms with van der Waals surface area (Å²) in [6.45, 7) is 2.48. The van der Waals surface area contributed by atoms with Gasteiger partial charge in [0.15, 0.2) is 6.10 Å².